The highest BCUT2D eigenvalue weighted by Crippen LogP contribution is 2.22. The Bertz CT molecular complexity index is 870. The lowest BCUT2D eigenvalue weighted by molar-refractivity contribution is -0.137. The average molecular weight is 461 g/mol. The van der Waals surface area contributed by atoms with Crippen molar-refractivity contribution in [1.82, 2.24) is 4.90 Å². The molecule has 8 heteroatoms. The number of hydrogen-bond donors (Lipinski definition) is 2. The van der Waals surface area contributed by atoms with Crippen LogP contribution in [0.5, 0.6) is 0 Å². The van der Waals surface area contributed by atoms with Gasteiger partial charge >= 0.3 is 0 Å². The first kappa shape index (κ1) is 26.7. The molecule has 1 aromatic carbocycles. The van der Waals surface area contributed by atoms with Gasteiger partial charge in [0.2, 0.25) is 0 Å². The lowest BCUT2D eigenvalue weighted by atomic mass is 9.93. The standard InChI is InChI=1S/C25H33FN2O5/c1-3-8-19(9-4-2)20-11-10-18(14-21(20)26)17-33-13-7-5-6-12-28-15-23(30)25(31)24(27-32)22(28)16-29/h3-4,8-11,14,22-24,29-30H,1,5-7,12-13,15-17H2,2H3/b9-4-,19-8+/t22-,23-,24?/m0/s1. The van der Waals surface area contributed by atoms with Crippen molar-refractivity contribution in [2.75, 3.05) is 26.3 Å². The minimum Gasteiger partial charge on any atom is -0.395 e. The van der Waals surface area contributed by atoms with E-state index in [4.69, 9.17) is 4.74 Å². The molecule has 0 radical (unpaired) electrons. The maximum Gasteiger partial charge on any atom is 0.192 e. The second kappa shape index (κ2) is 13.9. The summed E-state index contributed by atoms with van der Waals surface area (Å²) in [6, 6.07) is 3.12. The maximum atomic E-state index is 14.5. The quantitative estimate of drug-likeness (QED) is 0.266. The molecule has 0 aliphatic carbocycles. The number of Topliss-reactive ketones (excluding diaryl/α,β-unsaturated/α-hetero) is 1. The molecule has 0 saturated carbocycles. The summed E-state index contributed by atoms with van der Waals surface area (Å²) in [5.74, 6) is -0.945. The summed E-state index contributed by atoms with van der Waals surface area (Å²) in [5, 5.41) is 22.2. The molecule has 3 atom stereocenters. The molecule has 1 heterocycles. The molecule has 1 fully saturated rings. The van der Waals surface area contributed by atoms with Crippen molar-refractivity contribution in [2.24, 2.45) is 5.18 Å². The van der Waals surface area contributed by atoms with Gasteiger partial charge in [-0.05, 0) is 49.9 Å². The Morgan fingerprint density at radius 1 is 1.36 bits per heavy atom. The monoisotopic (exact) mass is 460 g/mol. The smallest absolute Gasteiger partial charge is 0.192 e. The van der Waals surface area contributed by atoms with Gasteiger partial charge < -0.3 is 14.9 Å². The van der Waals surface area contributed by atoms with Crippen LogP contribution >= 0.6 is 0 Å². The third-order valence-electron chi connectivity index (χ3n) is 5.65. The molecule has 1 aromatic rings. The minimum atomic E-state index is -1.26. The molecule has 2 N–H and O–H groups in total. The van der Waals surface area contributed by atoms with Crippen LogP contribution in [0, 0.1) is 10.7 Å². The number of likely N-dealkylation sites (tertiary alicyclic amines) is 1. The third kappa shape index (κ3) is 7.50. The van der Waals surface area contributed by atoms with E-state index in [0.717, 1.165) is 30.4 Å². The number of ether oxygens (including phenoxy) is 1. The van der Waals surface area contributed by atoms with E-state index in [-0.39, 0.29) is 19.0 Å². The number of nitroso groups, excluding NO2 is 1. The fourth-order valence-electron chi connectivity index (χ4n) is 3.94. The predicted octanol–water partition coefficient (Wildman–Crippen LogP) is 3.40. The van der Waals surface area contributed by atoms with Crippen LogP contribution in [0.2, 0.25) is 0 Å². The predicted molar refractivity (Wildman–Crippen MR) is 126 cm³/mol. The zero-order chi connectivity index (χ0) is 24.2. The number of allylic oxidation sites excluding steroid dienone is 5. The van der Waals surface area contributed by atoms with Crippen LogP contribution in [0.15, 0.2) is 54.3 Å². The number of β-amino-alcohol motifs (C(OH)–C–C–N with tert-alkyl or cyclic N) is 1. The SMILES string of the molecule is C=C/C=C(\C=C/C)c1ccc(COCCCCCN2C[C@H](O)C(=O)C(N=O)[C@@H]2CO)cc1F. The normalized spacial score (nSPS) is 22.1. The van der Waals surface area contributed by atoms with Crippen LogP contribution in [-0.2, 0) is 16.1 Å². The number of hydrogen-bond acceptors (Lipinski definition) is 7. The van der Waals surface area contributed by atoms with Crippen LogP contribution in [0.4, 0.5) is 4.39 Å². The van der Waals surface area contributed by atoms with Gasteiger partial charge in [-0.2, -0.15) is 0 Å². The van der Waals surface area contributed by atoms with Gasteiger partial charge in [0.15, 0.2) is 11.8 Å². The molecule has 0 amide bonds. The molecule has 33 heavy (non-hydrogen) atoms. The van der Waals surface area contributed by atoms with E-state index >= 15 is 0 Å². The van der Waals surface area contributed by atoms with Gasteiger partial charge in [0, 0.05) is 18.7 Å². The zero-order valence-electron chi connectivity index (χ0n) is 19.0. The number of benzene rings is 1. The fourth-order valence-corrected chi connectivity index (χ4v) is 3.94. The third-order valence-corrected chi connectivity index (χ3v) is 5.65. The molecule has 0 aromatic heterocycles. The van der Waals surface area contributed by atoms with Gasteiger partial charge in [0.05, 0.1) is 19.3 Å². The number of carbonyl (C=O) groups is 1. The maximum absolute atomic E-state index is 14.5. The Morgan fingerprint density at radius 3 is 2.79 bits per heavy atom. The van der Waals surface area contributed by atoms with Crippen LogP contribution in [0.1, 0.15) is 37.3 Å². The van der Waals surface area contributed by atoms with Gasteiger partial charge in [-0.25, -0.2) is 4.39 Å². The number of ketones is 1. The second-order valence-electron chi connectivity index (χ2n) is 8.00. The van der Waals surface area contributed by atoms with Crippen LogP contribution in [0.3, 0.4) is 0 Å². The van der Waals surface area contributed by atoms with Crippen molar-refractivity contribution in [3.8, 4) is 0 Å². The summed E-state index contributed by atoms with van der Waals surface area (Å²) in [6.45, 7) is 6.60. The Labute approximate surface area is 194 Å². The van der Waals surface area contributed by atoms with E-state index in [2.05, 4.69) is 11.8 Å². The highest BCUT2D eigenvalue weighted by Gasteiger charge is 2.42. The van der Waals surface area contributed by atoms with Gasteiger partial charge in [0.1, 0.15) is 11.9 Å². The molecule has 1 unspecified atom stereocenters. The molecule has 180 valence electrons. The van der Waals surface area contributed by atoms with Crippen molar-refractivity contribution in [2.45, 2.75) is 51.0 Å². The van der Waals surface area contributed by atoms with E-state index in [0.29, 0.717) is 25.3 Å². The number of carbonyl (C=O) groups excluding carboxylic acids is 1. The zero-order valence-corrected chi connectivity index (χ0v) is 19.0. The summed E-state index contributed by atoms with van der Waals surface area (Å²) in [7, 11) is 0. The Balaban J connectivity index is 1.74. The van der Waals surface area contributed by atoms with Gasteiger partial charge in [-0.1, -0.05) is 48.2 Å². The molecule has 0 spiro atoms. The number of aliphatic hydroxyl groups is 2. The van der Waals surface area contributed by atoms with Crippen molar-refractivity contribution < 1.29 is 24.1 Å². The second-order valence-corrected chi connectivity index (χ2v) is 8.00. The Morgan fingerprint density at radius 2 is 2.15 bits per heavy atom. The molecule has 7 nitrogen and oxygen atoms in total. The average Bonchev–Trinajstić information content (AvgIpc) is 2.80. The minimum absolute atomic E-state index is 0.0892. The van der Waals surface area contributed by atoms with Gasteiger partial charge in [0.25, 0.3) is 0 Å². The number of aliphatic hydroxyl groups excluding tert-OH is 2. The van der Waals surface area contributed by atoms with E-state index in [1.807, 2.05) is 25.1 Å². The summed E-state index contributed by atoms with van der Waals surface area (Å²) in [4.78, 5) is 24.5. The molecular weight excluding hydrogens is 427 g/mol. The Kier molecular flexibility index (Phi) is 11.3. The lowest BCUT2D eigenvalue weighted by Crippen LogP contribution is -2.59. The van der Waals surface area contributed by atoms with Gasteiger partial charge in [-0.15, -0.1) is 4.91 Å². The molecular formula is C25H33FN2O5. The fraction of sp³-hybridized carbons (Fsp3) is 0.480. The largest absolute Gasteiger partial charge is 0.395 e. The summed E-state index contributed by atoms with van der Waals surface area (Å²) in [5.41, 5.74) is 2.01. The number of unbranched alkanes of at least 4 members (excludes halogenated alkanes) is 2. The van der Waals surface area contributed by atoms with E-state index < -0.39 is 24.0 Å². The van der Waals surface area contributed by atoms with E-state index in [1.165, 1.54) is 6.07 Å². The molecule has 1 saturated heterocycles. The van der Waals surface area contributed by atoms with Crippen LogP contribution in [-0.4, -0.2) is 65.4 Å². The van der Waals surface area contributed by atoms with E-state index in [9.17, 15) is 24.3 Å². The first-order valence-electron chi connectivity index (χ1n) is 11.2. The summed E-state index contributed by atoms with van der Waals surface area (Å²) < 4.78 is 20.2. The molecule has 2 rings (SSSR count). The topological polar surface area (TPSA) is 99.4 Å². The first-order chi connectivity index (χ1) is 16.0. The lowest BCUT2D eigenvalue weighted by Gasteiger charge is -2.38. The number of nitrogens with zero attached hydrogens (tertiary/aromatic N) is 2. The highest BCUT2D eigenvalue weighted by molar-refractivity contribution is 5.90. The van der Waals surface area contributed by atoms with Crippen LogP contribution < -0.4 is 0 Å². The molecule has 1 aliphatic rings. The van der Waals surface area contributed by atoms with Crippen molar-refractivity contribution in [1.29, 1.82) is 0 Å². The number of piperidine rings is 1. The Hall–Kier alpha value is -2.52. The van der Waals surface area contributed by atoms with Gasteiger partial charge in [-0.3, -0.25) is 9.69 Å². The number of halogens is 1. The van der Waals surface area contributed by atoms with Crippen molar-refractivity contribution in [3.05, 3.63) is 70.9 Å². The van der Waals surface area contributed by atoms with E-state index in [1.54, 1.807) is 23.1 Å². The molecule has 0 bridgehead atoms. The van der Waals surface area contributed by atoms with Crippen molar-refractivity contribution in [3.63, 3.8) is 0 Å². The molecule has 1 aliphatic heterocycles. The van der Waals surface area contributed by atoms with Crippen molar-refractivity contribution >= 4 is 11.4 Å². The highest BCUT2D eigenvalue weighted by atomic mass is 19.1. The summed E-state index contributed by atoms with van der Waals surface area (Å²) >= 11 is 0. The number of rotatable bonds is 13. The summed E-state index contributed by atoms with van der Waals surface area (Å²) in [6.07, 6.45) is 8.16. The van der Waals surface area contributed by atoms with Crippen LogP contribution in [0.25, 0.3) is 5.57 Å². The first-order valence-corrected chi connectivity index (χ1v) is 11.2.